The van der Waals surface area contributed by atoms with Crippen LogP contribution in [0, 0.1) is 23.2 Å². The number of nitrogens with one attached hydrogen (secondary N) is 2. The number of hydrogen-bond acceptors (Lipinski definition) is 6. The quantitative estimate of drug-likeness (QED) is 0.461. The highest BCUT2D eigenvalue weighted by Gasteiger charge is 2.54. The van der Waals surface area contributed by atoms with E-state index in [2.05, 4.69) is 33.0 Å². The highest BCUT2D eigenvalue weighted by Crippen LogP contribution is 2.60. The van der Waals surface area contributed by atoms with Crippen LogP contribution >= 0.6 is 23.1 Å². The van der Waals surface area contributed by atoms with Gasteiger partial charge in [0.25, 0.3) is 0 Å². The minimum Gasteiger partial charge on any atom is -0.355 e. The Kier molecular flexibility index (Phi) is 6.01. The number of thioether (sulfide) groups is 1. The molecule has 4 bridgehead atoms. The standard InChI is InChI=1S/C23H28N4O2S2/c28-19(24-7-6-15-4-2-1-3-5-15)14-30-22-27-26-21(31-22)25-20(29)23-11-16-8-17(12-23)10-18(9-16)13-23/h1-5,16-18H,6-14H2,(H,24,28)(H,25,26,29). The van der Waals surface area contributed by atoms with Crippen LogP contribution in [0.25, 0.3) is 0 Å². The van der Waals surface area contributed by atoms with Gasteiger partial charge in [-0.3, -0.25) is 9.59 Å². The van der Waals surface area contributed by atoms with Crippen LogP contribution in [-0.2, 0) is 16.0 Å². The number of amides is 2. The molecule has 0 spiro atoms. The van der Waals surface area contributed by atoms with E-state index >= 15 is 0 Å². The fourth-order valence-electron chi connectivity index (χ4n) is 6.11. The third-order valence-corrected chi connectivity index (χ3v) is 9.02. The second kappa shape index (κ2) is 8.90. The van der Waals surface area contributed by atoms with E-state index in [1.54, 1.807) is 0 Å². The van der Waals surface area contributed by atoms with E-state index in [9.17, 15) is 9.59 Å². The van der Waals surface area contributed by atoms with Crippen LogP contribution in [0.1, 0.15) is 44.1 Å². The summed E-state index contributed by atoms with van der Waals surface area (Å²) in [5, 5.41) is 14.8. The van der Waals surface area contributed by atoms with Gasteiger partial charge in [-0.05, 0) is 68.3 Å². The molecule has 8 heteroatoms. The predicted molar refractivity (Wildman–Crippen MR) is 123 cm³/mol. The summed E-state index contributed by atoms with van der Waals surface area (Å²) in [4.78, 5) is 25.2. The van der Waals surface area contributed by atoms with E-state index in [0.717, 1.165) is 43.4 Å². The molecule has 0 aliphatic heterocycles. The van der Waals surface area contributed by atoms with Crippen molar-refractivity contribution in [3.63, 3.8) is 0 Å². The van der Waals surface area contributed by atoms with Gasteiger partial charge in [0.2, 0.25) is 16.9 Å². The number of anilines is 1. The monoisotopic (exact) mass is 456 g/mol. The van der Waals surface area contributed by atoms with Crippen LogP contribution in [0.4, 0.5) is 5.13 Å². The minimum atomic E-state index is -0.188. The number of carbonyl (C=O) groups is 2. The molecule has 2 aromatic rings. The molecule has 0 radical (unpaired) electrons. The molecule has 4 aliphatic carbocycles. The smallest absolute Gasteiger partial charge is 0.232 e. The van der Waals surface area contributed by atoms with Crippen molar-refractivity contribution in [1.29, 1.82) is 0 Å². The third-order valence-electron chi connectivity index (χ3n) is 7.05. The summed E-state index contributed by atoms with van der Waals surface area (Å²) >= 11 is 2.72. The Bertz CT molecular complexity index is 911. The number of hydrogen-bond donors (Lipinski definition) is 2. The van der Waals surface area contributed by atoms with E-state index < -0.39 is 0 Å². The normalized spacial score (nSPS) is 28.5. The van der Waals surface area contributed by atoms with Crippen LogP contribution < -0.4 is 10.6 Å². The van der Waals surface area contributed by atoms with Crippen molar-refractivity contribution in [1.82, 2.24) is 15.5 Å². The summed E-state index contributed by atoms with van der Waals surface area (Å²) in [6.07, 6.45) is 7.88. The van der Waals surface area contributed by atoms with Gasteiger partial charge >= 0.3 is 0 Å². The van der Waals surface area contributed by atoms with Crippen LogP contribution in [0.15, 0.2) is 34.7 Å². The lowest BCUT2D eigenvalue weighted by atomic mass is 9.49. The van der Waals surface area contributed by atoms with Gasteiger partial charge in [0, 0.05) is 6.54 Å². The van der Waals surface area contributed by atoms with E-state index in [0.29, 0.717) is 21.8 Å². The molecule has 0 unspecified atom stereocenters. The summed E-state index contributed by atoms with van der Waals surface area (Å²) in [6.45, 7) is 0.617. The SMILES string of the molecule is O=C(CSc1nnc(NC(=O)C23CC4CC(CC(C4)C2)C3)s1)NCCc1ccccc1. The maximum Gasteiger partial charge on any atom is 0.232 e. The molecule has 1 aromatic carbocycles. The third kappa shape index (κ3) is 4.80. The largest absolute Gasteiger partial charge is 0.355 e. The Labute approximate surface area is 191 Å². The number of aromatic nitrogens is 2. The summed E-state index contributed by atoms with van der Waals surface area (Å²) in [5.74, 6) is 2.62. The molecule has 0 saturated heterocycles. The van der Waals surface area contributed by atoms with Gasteiger partial charge < -0.3 is 10.6 Å². The zero-order chi connectivity index (χ0) is 21.3. The molecule has 1 heterocycles. The van der Waals surface area contributed by atoms with Crippen LogP contribution in [-0.4, -0.2) is 34.3 Å². The molecule has 164 valence electrons. The van der Waals surface area contributed by atoms with Gasteiger partial charge in [0.05, 0.1) is 11.2 Å². The molecule has 4 aliphatic rings. The zero-order valence-electron chi connectivity index (χ0n) is 17.5. The van der Waals surface area contributed by atoms with Gasteiger partial charge in [-0.2, -0.15) is 0 Å². The molecule has 6 rings (SSSR count). The first-order chi connectivity index (χ1) is 15.1. The fourth-order valence-corrected chi connectivity index (χ4v) is 7.68. The second-order valence-corrected chi connectivity index (χ2v) is 11.6. The average Bonchev–Trinajstić information content (AvgIpc) is 3.19. The van der Waals surface area contributed by atoms with Crippen molar-refractivity contribution in [3.8, 4) is 0 Å². The maximum atomic E-state index is 13.1. The Hall–Kier alpha value is -1.93. The zero-order valence-corrected chi connectivity index (χ0v) is 19.1. The predicted octanol–water partition coefficient (Wildman–Crippen LogP) is 4.14. The molecule has 2 amide bonds. The highest BCUT2D eigenvalue weighted by molar-refractivity contribution is 8.01. The number of nitrogens with zero attached hydrogens (tertiary/aromatic N) is 2. The number of rotatable bonds is 8. The van der Waals surface area contributed by atoms with Gasteiger partial charge in [-0.1, -0.05) is 53.4 Å². The molecular formula is C23H28N4O2S2. The van der Waals surface area contributed by atoms with Crippen molar-refractivity contribution in [2.24, 2.45) is 23.2 Å². The maximum absolute atomic E-state index is 13.1. The molecule has 0 atom stereocenters. The molecule has 4 saturated carbocycles. The number of carbonyl (C=O) groups excluding carboxylic acids is 2. The average molecular weight is 457 g/mol. The van der Waals surface area contributed by atoms with Crippen molar-refractivity contribution in [2.45, 2.75) is 49.3 Å². The molecule has 4 fully saturated rings. The second-order valence-electron chi connectivity index (χ2n) is 9.40. The lowest BCUT2D eigenvalue weighted by molar-refractivity contribution is -0.140. The molecule has 31 heavy (non-hydrogen) atoms. The molecule has 1 aromatic heterocycles. The Morgan fingerprint density at radius 2 is 1.71 bits per heavy atom. The van der Waals surface area contributed by atoms with Crippen molar-refractivity contribution in [2.75, 3.05) is 17.6 Å². The van der Waals surface area contributed by atoms with Crippen molar-refractivity contribution >= 4 is 40.0 Å². The lowest BCUT2D eigenvalue weighted by Crippen LogP contribution is -2.51. The van der Waals surface area contributed by atoms with E-state index in [1.807, 2.05) is 18.2 Å². The summed E-state index contributed by atoms with van der Waals surface area (Å²) < 4.78 is 0.707. The van der Waals surface area contributed by atoms with Gasteiger partial charge in [-0.15, -0.1) is 10.2 Å². The highest BCUT2D eigenvalue weighted by atomic mass is 32.2. The minimum absolute atomic E-state index is 0.0183. The number of benzene rings is 1. The Balaban J connectivity index is 1.08. The van der Waals surface area contributed by atoms with Crippen molar-refractivity contribution < 1.29 is 9.59 Å². The van der Waals surface area contributed by atoms with Gasteiger partial charge in [0.1, 0.15) is 0 Å². The molecular weight excluding hydrogens is 428 g/mol. The Morgan fingerprint density at radius 1 is 1.03 bits per heavy atom. The summed E-state index contributed by atoms with van der Waals surface area (Å²) in [5.41, 5.74) is 1.02. The van der Waals surface area contributed by atoms with Crippen LogP contribution in [0.5, 0.6) is 0 Å². The van der Waals surface area contributed by atoms with E-state index in [4.69, 9.17) is 0 Å². The van der Waals surface area contributed by atoms with Crippen LogP contribution in [0.3, 0.4) is 0 Å². The summed E-state index contributed by atoms with van der Waals surface area (Å²) in [6, 6.07) is 10.1. The van der Waals surface area contributed by atoms with Crippen LogP contribution in [0.2, 0.25) is 0 Å². The first kappa shape index (κ1) is 20.9. The topological polar surface area (TPSA) is 84.0 Å². The molecule has 2 N–H and O–H groups in total. The fraction of sp³-hybridized carbons (Fsp3) is 0.565. The van der Waals surface area contributed by atoms with E-state index in [-0.39, 0.29) is 17.2 Å². The van der Waals surface area contributed by atoms with Gasteiger partial charge in [-0.25, -0.2) is 0 Å². The van der Waals surface area contributed by atoms with Gasteiger partial charge in [0.15, 0.2) is 4.34 Å². The first-order valence-corrected chi connectivity index (χ1v) is 13.0. The first-order valence-electron chi connectivity index (χ1n) is 11.2. The summed E-state index contributed by atoms with van der Waals surface area (Å²) in [7, 11) is 0. The Morgan fingerprint density at radius 3 is 2.39 bits per heavy atom. The van der Waals surface area contributed by atoms with E-state index in [1.165, 1.54) is 47.9 Å². The van der Waals surface area contributed by atoms with Crippen molar-refractivity contribution in [3.05, 3.63) is 35.9 Å². The lowest BCUT2D eigenvalue weighted by Gasteiger charge is -2.55. The molecule has 6 nitrogen and oxygen atoms in total.